The van der Waals surface area contributed by atoms with Gasteiger partial charge in [0, 0.05) is 19.0 Å². The molecule has 0 saturated heterocycles. The number of hydrogen-bond acceptors (Lipinski definition) is 2. The Balaban J connectivity index is 2.22. The third-order valence-electron chi connectivity index (χ3n) is 2.86. The van der Waals surface area contributed by atoms with Crippen LogP contribution in [-0.4, -0.2) is 28.1 Å². The Bertz CT molecular complexity index is 649. The lowest BCUT2D eigenvalue weighted by atomic mass is 10.2. The normalized spacial score (nSPS) is 10.6. The highest BCUT2D eigenvalue weighted by molar-refractivity contribution is 5.98. The van der Waals surface area contributed by atoms with Crippen molar-refractivity contribution in [2.45, 2.75) is 6.42 Å². The summed E-state index contributed by atoms with van der Waals surface area (Å²) in [5, 5.41) is 11.8. The number of carbonyl (C=O) groups excluding carboxylic acids is 1. The average molecular weight is 264 g/mol. The molecule has 100 valence electrons. The molecule has 19 heavy (non-hydrogen) atoms. The Labute approximate surface area is 108 Å². The van der Waals surface area contributed by atoms with E-state index in [1.807, 2.05) is 0 Å². The number of halogens is 1. The quantitative estimate of drug-likeness (QED) is 0.879. The molecule has 1 heterocycles. The predicted octanol–water partition coefficient (Wildman–Crippen LogP) is 1.52. The number of nitrogens with one attached hydrogen (secondary N) is 1. The van der Waals surface area contributed by atoms with Gasteiger partial charge in [-0.1, -0.05) is 0 Å². The second-order valence-electron chi connectivity index (χ2n) is 4.19. The van der Waals surface area contributed by atoms with Gasteiger partial charge in [-0.3, -0.25) is 9.59 Å². The fourth-order valence-corrected chi connectivity index (χ4v) is 1.89. The van der Waals surface area contributed by atoms with Crippen LogP contribution in [0.3, 0.4) is 0 Å². The zero-order valence-electron chi connectivity index (χ0n) is 10.3. The second kappa shape index (κ2) is 5.09. The molecule has 0 fully saturated rings. The van der Waals surface area contributed by atoms with Crippen LogP contribution in [-0.2, 0) is 11.8 Å². The second-order valence-corrected chi connectivity index (χ2v) is 4.19. The SMILES string of the molecule is Cn1c(C(=O)NCCC(=O)O)cc2ccc(F)cc21. The van der Waals surface area contributed by atoms with Crippen LogP contribution >= 0.6 is 0 Å². The summed E-state index contributed by atoms with van der Waals surface area (Å²) in [6, 6.07) is 5.92. The Morgan fingerprint density at radius 2 is 2.11 bits per heavy atom. The first-order chi connectivity index (χ1) is 8.99. The van der Waals surface area contributed by atoms with Crippen molar-refractivity contribution in [1.29, 1.82) is 0 Å². The molecule has 2 rings (SSSR count). The molecule has 0 spiro atoms. The molecule has 0 saturated carbocycles. The van der Waals surface area contributed by atoms with E-state index in [0.717, 1.165) is 5.39 Å². The lowest BCUT2D eigenvalue weighted by Crippen LogP contribution is -2.27. The van der Waals surface area contributed by atoms with Crippen molar-refractivity contribution in [1.82, 2.24) is 9.88 Å². The minimum absolute atomic E-state index is 0.0596. The van der Waals surface area contributed by atoms with Gasteiger partial charge in [-0.15, -0.1) is 0 Å². The molecule has 6 heteroatoms. The van der Waals surface area contributed by atoms with Gasteiger partial charge in [0.05, 0.1) is 11.9 Å². The van der Waals surface area contributed by atoms with Gasteiger partial charge < -0.3 is 15.0 Å². The number of rotatable bonds is 4. The summed E-state index contributed by atoms with van der Waals surface area (Å²) in [7, 11) is 1.66. The topological polar surface area (TPSA) is 71.3 Å². The van der Waals surface area contributed by atoms with Crippen molar-refractivity contribution in [2.24, 2.45) is 7.05 Å². The molecule has 1 amide bonds. The van der Waals surface area contributed by atoms with Crippen LogP contribution < -0.4 is 5.32 Å². The fraction of sp³-hybridized carbons (Fsp3) is 0.231. The number of aryl methyl sites for hydroxylation is 1. The van der Waals surface area contributed by atoms with Crippen molar-refractivity contribution in [3.8, 4) is 0 Å². The minimum Gasteiger partial charge on any atom is -0.481 e. The number of benzene rings is 1. The Morgan fingerprint density at radius 3 is 2.79 bits per heavy atom. The van der Waals surface area contributed by atoms with Crippen LogP contribution in [0.1, 0.15) is 16.9 Å². The number of carboxylic acids is 1. The number of carbonyl (C=O) groups is 2. The zero-order chi connectivity index (χ0) is 14.0. The predicted molar refractivity (Wildman–Crippen MR) is 67.5 cm³/mol. The largest absolute Gasteiger partial charge is 0.481 e. The number of nitrogens with zero attached hydrogens (tertiary/aromatic N) is 1. The van der Waals surface area contributed by atoms with Crippen molar-refractivity contribution in [3.05, 3.63) is 35.8 Å². The summed E-state index contributed by atoms with van der Waals surface area (Å²) in [5.74, 6) is -1.72. The maximum atomic E-state index is 13.1. The van der Waals surface area contributed by atoms with Crippen molar-refractivity contribution < 1.29 is 19.1 Å². The molecule has 0 aliphatic carbocycles. The van der Waals surface area contributed by atoms with Gasteiger partial charge in [-0.2, -0.15) is 0 Å². The first kappa shape index (κ1) is 13.1. The van der Waals surface area contributed by atoms with E-state index in [9.17, 15) is 14.0 Å². The lowest BCUT2D eigenvalue weighted by Gasteiger charge is -2.05. The number of aromatic nitrogens is 1. The third kappa shape index (κ3) is 2.73. The minimum atomic E-state index is -0.973. The van der Waals surface area contributed by atoms with Crippen LogP contribution in [0, 0.1) is 5.82 Å². The molecular formula is C13H13FN2O3. The van der Waals surface area contributed by atoms with E-state index in [0.29, 0.717) is 11.2 Å². The molecule has 0 radical (unpaired) electrons. The van der Waals surface area contributed by atoms with Gasteiger partial charge in [-0.25, -0.2) is 4.39 Å². The summed E-state index contributed by atoms with van der Waals surface area (Å²) >= 11 is 0. The number of fused-ring (bicyclic) bond motifs is 1. The molecule has 2 N–H and O–H groups in total. The molecule has 0 aliphatic heterocycles. The molecule has 1 aromatic heterocycles. The Kier molecular flexibility index (Phi) is 3.50. The summed E-state index contributed by atoms with van der Waals surface area (Å²) < 4.78 is 14.7. The number of carboxylic acid groups (broad SMARTS) is 1. The van der Waals surface area contributed by atoms with Gasteiger partial charge in [0.25, 0.3) is 5.91 Å². The van der Waals surface area contributed by atoms with Crippen LogP contribution in [0.4, 0.5) is 4.39 Å². The van der Waals surface area contributed by atoms with Crippen molar-refractivity contribution >= 4 is 22.8 Å². The van der Waals surface area contributed by atoms with E-state index in [4.69, 9.17) is 5.11 Å². The summed E-state index contributed by atoms with van der Waals surface area (Å²) in [6.45, 7) is 0.0596. The van der Waals surface area contributed by atoms with Gasteiger partial charge in [0.15, 0.2) is 0 Å². The molecule has 1 aromatic carbocycles. The van der Waals surface area contributed by atoms with E-state index in [1.165, 1.54) is 12.1 Å². The maximum Gasteiger partial charge on any atom is 0.305 e. The van der Waals surface area contributed by atoms with Gasteiger partial charge in [-0.05, 0) is 24.3 Å². The number of amides is 1. The third-order valence-corrected chi connectivity index (χ3v) is 2.86. The van der Waals surface area contributed by atoms with E-state index >= 15 is 0 Å². The molecule has 2 aromatic rings. The van der Waals surface area contributed by atoms with Crippen LogP contribution in [0.5, 0.6) is 0 Å². The monoisotopic (exact) mass is 264 g/mol. The van der Waals surface area contributed by atoms with E-state index in [2.05, 4.69) is 5.32 Å². The Hall–Kier alpha value is -2.37. The highest BCUT2D eigenvalue weighted by atomic mass is 19.1. The average Bonchev–Trinajstić information content (AvgIpc) is 2.66. The van der Waals surface area contributed by atoms with Gasteiger partial charge in [0.1, 0.15) is 11.5 Å². The van der Waals surface area contributed by atoms with E-state index in [-0.39, 0.29) is 24.7 Å². The zero-order valence-corrected chi connectivity index (χ0v) is 10.3. The summed E-state index contributed by atoms with van der Waals surface area (Å²) in [6.07, 6.45) is -0.135. The fourth-order valence-electron chi connectivity index (χ4n) is 1.89. The van der Waals surface area contributed by atoms with Crippen LogP contribution in [0.2, 0.25) is 0 Å². The molecule has 0 bridgehead atoms. The molecular weight excluding hydrogens is 251 g/mol. The molecule has 0 unspecified atom stereocenters. The maximum absolute atomic E-state index is 13.1. The standard InChI is InChI=1S/C13H13FN2O3/c1-16-10-7-9(14)3-2-8(10)6-11(16)13(19)15-5-4-12(17)18/h2-3,6-7H,4-5H2,1H3,(H,15,19)(H,17,18). The highest BCUT2D eigenvalue weighted by Crippen LogP contribution is 2.19. The summed E-state index contributed by atoms with van der Waals surface area (Å²) in [5.41, 5.74) is 0.981. The van der Waals surface area contributed by atoms with Crippen molar-refractivity contribution in [3.63, 3.8) is 0 Å². The van der Waals surface area contributed by atoms with Gasteiger partial charge >= 0.3 is 5.97 Å². The number of aliphatic carboxylic acids is 1. The first-order valence-electron chi connectivity index (χ1n) is 5.74. The van der Waals surface area contributed by atoms with Crippen LogP contribution in [0.15, 0.2) is 24.3 Å². The first-order valence-corrected chi connectivity index (χ1v) is 5.74. The smallest absolute Gasteiger partial charge is 0.305 e. The molecule has 0 aliphatic rings. The van der Waals surface area contributed by atoms with Crippen molar-refractivity contribution in [2.75, 3.05) is 6.54 Å². The number of hydrogen-bond donors (Lipinski definition) is 2. The van der Waals surface area contributed by atoms with E-state index < -0.39 is 5.97 Å². The van der Waals surface area contributed by atoms with Crippen LogP contribution in [0.25, 0.3) is 10.9 Å². The molecule has 0 atom stereocenters. The molecule has 5 nitrogen and oxygen atoms in total. The highest BCUT2D eigenvalue weighted by Gasteiger charge is 2.13. The summed E-state index contributed by atoms with van der Waals surface area (Å²) in [4.78, 5) is 22.2. The van der Waals surface area contributed by atoms with E-state index in [1.54, 1.807) is 23.7 Å². The Morgan fingerprint density at radius 1 is 1.37 bits per heavy atom. The lowest BCUT2D eigenvalue weighted by molar-refractivity contribution is -0.136. The van der Waals surface area contributed by atoms with Gasteiger partial charge in [0.2, 0.25) is 0 Å².